The van der Waals surface area contributed by atoms with E-state index in [2.05, 4.69) is 5.32 Å². The van der Waals surface area contributed by atoms with Gasteiger partial charge in [-0.25, -0.2) is 4.79 Å². The molecule has 0 aromatic heterocycles. The maximum atomic E-state index is 12.0. The quantitative estimate of drug-likeness (QED) is 0.525. The molecule has 1 amide bonds. The summed E-state index contributed by atoms with van der Waals surface area (Å²) in [6.45, 7) is 1.19. The summed E-state index contributed by atoms with van der Waals surface area (Å²) in [6.07, 6.45) is 0. The lowest BCUT2D eigenvalue weighted by molar-refractivity contribution is -0.136. The zero-order valence-electron chi connectivity index (χ0n) is 14.8. The predicted molar refractivity (Wildman–Crippen MR) is 104 cm³/mol. The zero-order chi connectivity index (χ0) is 19.1. The Morgan fingerprint density at radius 1 is 0.815 bits per heavy atom. The van der Waals surface area contributed by atoms with Crippen LogP contribution in [0.25, 0.3) is 11.1 Å². The van der Waals surface area contributed by atoms with Crippen LogP contribution >= 0.6 is 0 Å². The van der Waals surface area contributed by atoms with Gasteiger partial charge in [-0.1, -0.05) is 48.5 Å². The van der Waals surface area contributed by atoms with Crippen molar-refractivity contribution in [1.29, 1.82) is 0 Å². The van der Waals surface area contributed by atoms with Crippen molar-refractivity contribution in [2.45, 2.75) is 6.92 Å². The van der Waals surface area contributed by atoms with E-state index in [-0.39, 0.29) is 12.5 Å². The first-order chi connectivity index (χ1) is 13.1. The fourth-order valence-electron chi connectivity index (χ4n) is 2.52. The lowest BCUT2D eigenvalue weighted by Gasteiger charge is -2.09. The fourth-order valence-corrected chi connectivity index (χ4v) is 2.52. The Hall–Kier alpha value is -3.60. The topological polar surface area (TPSA) is 64.6 Å². The van der Waals surface area contributed by atoms with Gasteiger partial charge in [-0.3, -0.25) is 4.79 Å². The number of hydrogen-bond donors (Lipinski definition) is 1. The second-order valence-corrected chi connectivity index (χ2v) is 5.86. The number of nitrogens with one attached hydrogen (secondary N) is 1. The minimum Gasteiger partial charge on any atom is -0.482 e. The highest BCUT2D eigenvalue weighted by Crippen LogP contribution is 2.22. The number of esters is 1. The molecule has 1 N–H and O–H groups in total. The molecule has 0 fully saturated rings. The van der Waals surface area contributed by atoms with Gasteiger partial charge in [0.25, 0.3) is 0 Å². The molecule has 0 radical (unpaired) electrons. The van der Waals surface area contributed by atoms with Crippen LogP contribution in [-0.2, 0) is 9.59 Å². The third kappa shape index (κ3) is 5.44. The minimum atomic E-state index is -0.507. The molecule has 0 unspecified atom stereocenters. The number of hydrogen-bond acceptors (Lipinski definition) is 4. The second kappa shape index (κ2) is 8.67. The summed E-state index contributed by atoms with van der Waals surface area (Å²) >= 11 is 0. The molecule has 0 atom stereocenters. The Morgan fingerprint density at radius 3 is 2.22 bits per heavy atom. The van der Waals surface area contributed by atoms with Gasteiger partial charge in [0.2, 0.25) is 5.91 Å². The van der Waals surface area contributed by atoms with Crippen LogP contribution in [0, 0.1) is 0 Å². The van der Waals surface area contributed by atoms with Gasteiger partial charge in [0.15, 0.2) is 6.61 Å². The van der Waals surface area contributed by atoms with E-state index in [9.17, 15) is 9.59 Å². The number of anilines is 1. The molecule has 5 nitrogen and oxygen atoms in total. The number of carbonyl (C=O) groups is 2. The van der Waals surface area contributed by atoms with E-state index in [4.69, 9.17) is 9.47 Å². The highest BCUT2D eigenvalue weighted by Gasteiger charge is 2.07. The average Bonchev–Trinajstić information content (AvgIpc) is 2.67. The maximum Gasteiger partial charge on any atom is 0.349 e. The first kappa shape index (κ1) is 18.2. The van der Waals surface area contributed by atoms with Gasteiger partial charge in [0.1, 0.15) is 11.5 Å². The van der Waals surface area contributed by atoms with Crippen molar-refractivity contribution in [2.24, 2.45) is 0 Å². The summed E-state index contributed by atoms with van der Waals surface area (Å²) in [5.74, 6) is 0.241. The highest BCUT2D eigenvalue weighted by atomic mass is 16.6. The summed E-state index contributed by atoms with van der Waals surface area (Å²) in [5, 5.41) is 2.66. The number of rotatable bonds is 6. The van der Waals surface area contributed by atoms with Crippen molar-refractivity contribution in [3.63, 3.8) is 0 Å². The molecule has 0 bridgehead atoms. The Balaban J connectivity index is 1.54. The lowest BCUT2D eigenvalue weighted by atomic mass is 10.1. The van der Waals surface area contributed by atoms with E-state index in [0.29, 0.717) is 17.2 Å². The van der Waals surface area contributed by atoms with Gasteiger partial charge in [0.05, 0.1) is 0 Å². The number of benzene rings is 3. The molecule has 0 aliphatic rings. The molecule has 5 heteroatoms. The molecule has 3 aromatic carbocycles. The van der Waals surface area contributed by atoms with E-state index in [1.54, 1.807) is 36.4 Å². The van der Waals surface area contributed by atoms with E-state index in [1.807, 2.05) is 42.5 Å². The summed E-state index contributed by atoms with van der Waals surface area (Å²) in [7, 11) is 0. The van der Waals surface area contributed by atoms with Gasteiger partial charge in [-0.2, -0.15) is 0 Å². The Bertz CT molecular complexity index is 921. The number of carbonyl (C=O) groups excluding carboxylic acids is 2. The Morgan fingerprint density at radius 2 is 1.52 bits per heavy atom. The SMILES string of the molecule is CC(=O)Nc1cccc(OCC(=O)Oc2ccc(-c3ccccc3)cc2)c1. The van der Waals surface area contributed by atoms with Crippen LogP contribution < -0.4 is 14.8 Å². The van der Waals surface area contributed by atoms with Crippen molar-refractivity contribution in [2.75, 3.05) is 11.9 Å². The second-order valence-electron chi connectivity index (χ2n) is 5.86. The predicted octanol–water partition coefficient (Wildman–Crippen LogP) is 4.30. The van der Waals surface area contributed by atoms with Crippen LogP contribution in [0.15, 0.2) is 78.9 Å². The van der Waals surface area contributed by atoms with Crippen molar-refractivity contribution in [1.82, 2.24) is 0 Å². The molecular weight excluding hydrogens is 342 g/mol. The van der Waals surface area contributed by atoms with E-state index in [0.717, 1.165) is 11.1 Å². The third-order valence-electron chi connectivity index (χ3n) is 3.70. The van der Waals surface area contributed by atoms with E-state index >= 15 is 0 Å². The Kier molecular flexibility index (Phi) is 5.84. The normalized spacial score (nSPS) is 10.1. The zero-order valence-corrected chi connectivity index (χ0v) is 14.8. The monoisotopic (exact) mass is 361 g/mol. The average molecular weight is 361 g/mol. The molecule has 3 rings (SSSR count). The summed E-state index contributed by atoms with van der Waals surface area (Å²) in [4.78, 5) is 23.1. The van der Waals surface area contributed by atoms with Crippen molar-refractivity contribution >= 4 is 17.6 Å². The maximum absolute atomic E-state index is 12.0. The van der Waals surface area contributed by atoms with Crippen molar-refractivity contribution in [3.8, 4) is 22.6 Å². The summed E-state index contributed by atoms with van der Waals surface area (Å²) in [5.41, 5.74) is 2.74. The first-order valence-corrected chi connectivity index (χ1v) is 8.47. The van der Waals surface area contributed by atoms with Gasteiger partial charge < -0.3 is 14.8 Å². The molecule has 27 heavy (non-hydrogen) atoms. The number of amides is 1. The molecule has 0 saturated carbocycles. The van der Waals surface area contributed by atoms with Crippen LogP contribution in [0.5, 0.6) is 11.5 Å². The fraction of sp³-hybridized carbons (Fsp3) is 0.0909. The van der Waals surface area contributed by atoms with E-state index in [1.165, 1.54) is 6.92 Å². The van der Waals surface area contributed by atoms with Crippen LogP contribution in [0.4, 0.5) is 5.69 Å². The molecule has 0 saturated heterocycles. The summed E-state index contributed by atoms with van der Waals surface area (Å²) < 4.78 is 10.7. The van der Waals surface area contributed by atoms with Crippen LogP contribution in [0.3, 0.4) is 0 Å². The van der Waals surface area contributed by atoms with Crippen molar-refractivity contribution < 1.29 is 19.1 Å². The van der Waals surface area contributed by atoms with Crippen LogP contribution in [0.1, 0.15) is 6.92 Å². The summed E-state index contributed by atoms with van der Waals surface area (Å²) in [6, 6.07) is 24.1. The van der Waals surface area contributed by atoms with Gasteiger partial charge in [0, 0.05) is 18.7 Å². The van der Waals surface area contributed by atoms with Gasteiger partial charge >= 0.3 is 5.97 Å². The number of ether oxygens (including phenoxy) is 2. The molecule has 0 heterocycles. The highest BCUT2D eigenvalue weighted by molar-refractivity contribution is 5.88. The van der Waals surface area contributed by atoms with Gasteiger partial charge in [-0.15, -0.1) is 0 Å². The molecule has 0 spiro atoms. The molecular formula is C22H19NO4. The molecule has 136 valence electrons. The van der Waals surface area contributed by atoms with Crippen molar-refractivity contribution in [3.05, 3.63) is 78.9 Å². The van der Waals surface area contributed by atoms with Crippen LogP contribution in [0.2, 0.25) is 0 Å². The lowest BCUT2D eigenvalue weighted by Crippen LogP contribution is -2.17. The third-order valence-corrected chi connectivity index (χ3v) is 3.70. The van der Waals surface area contributed by atoms with Gasteiger partial charge in [-0.05, 0) is 35.4 Å². The largest absolute Gasteiger partial charge is 0.482 e. The molecule has 0 aliphatic heterocycles. The van der Waals surface area contributed by atoms with Crippen LogP contribution in [-0.4, -0.2) is 18.5 Å². The standard InChI is InChI=1S/C22H19NO4/c1-16(24)23-19-8-5-9-21(14-19)26-15-22(25)27-20-12-10-18(11-13-20)17-6-3-2-4-7-17/h2-14H,15H2,1H3,(H,23,24). The molecule has 0 aliphatic carbocycles. The smallest absolute Gasteiger partial charge is 0.349 e. The minimum absolute atomic E-state index is 0.175. The Labute approximate surface area is 157 Å². The first-order valence-electron chi connectivity index (χ1n) is 8.47. The molecule has 3 aromatic rings. The van der Waals surface area contributed by atoms with E-state index < -0.39 is 5.97 Å².